The molecule has 0 radical (unpaired) electrons. The quantitative estimate of drug-likeness (QED) is 0.555. The first-order valence-electron chi connectivity index (χ1n) is 11.7. The van der Waals surface area contributed by atoms with Crippen molar-refractivity contribution in [3.63, 3.8) is 0 Å². The summed E-state index contributed by atoms with van der Waals surface area (Å²) in [4.78, 5) is 54.3. The molecule has 8 heteroatoms. The van der Waals surface area contributed by atoms with E-state index in [-0.39, 0.29) is 17.0 Å². The molecule has 4 amide bonds. The van der Waals surface area contributed by atoms with Gasteiger partial charge in [-0.25, -0.2) is 0 Å². The standard InChI is InChI=1S/C28H25N3O5/c1-16-8-4-5-9-19(16)15-30-23-14-20(12-13-24(23)36-18(3)26(30)33)29-25(32)17(2)31-27(34)21-10-6-7-11-22(21)28(31)35/h4-14,17-18H,15H2,1-3H3,(H,29,32). The second kappa shape index (κ2) is 8.96. The molecule has 0 saturated carbocycles. The van der Waals surface area contributed by atoms with E-state index in [1.54, 1.807) is 54.3 Å². The monoisotopic (exact) mass is 483 g/mol. The molecule has 3 aromatic rings. The van der Waals surface area contributed by atoms with Crippen LogP contribution in [0.25, 0.3) is 0 Å². The van der Waals surface area contributed by atoms with Crippen LogP contribution >= 0.6 is 0 Å². The molecule has 0 saturated heterocycles. The summed E-state index contributed by atoms with van der Waals surface area (Å²) in [5.74, 6) is -1.18. The van der Waals surface area contributed by atoms with E-state index in [1.807, 2.05) is 31.2 Å². The van der Waals surface area contributed by atoms with Crippen LogP contribution in [0.3, 0.4) is 0 Å². The fraction of sp³-hybridized carbons (Fsp3) is 0.214. The van der Waals surface area contributed by atoms with Crippen molar-refractivity contribution in [3.8, 4) is 5.75 Å². The number of aryl methyl sites for hydroxylation is 1. The molecular weight excluding hydrogens is 458 g/mol. The highest BCUT2D eigenvalue weighted by Crippen LogP contribution is 2.37. The van der Waals surface area contributed by atoms with Gasteiger partial charge in [0.05, 0.1) is 23.4 Å². The molecule has 36 heavy (non-hydrogen) atoms. The van der Waals surface area contributed by atoms with Crippen molar-refractivity contribution in [2.24, 2.45) is 0 Å². The summed E-state index contributed by atoms with van der Waals surface area (Å²) in [6.45, 7) is 5.56. The van der Waals surface area contributed by atoms with Crippen molar-refractivity contribution in [1.29, 1.82) is 0 Å². The van der Waals surface area contributed by atoms with Crippen molar-refractivity contribution < 1.29 is 23.9 Å². The number of hydrogen-bond donors (Lipinski definition) is 1. The minimum atomic E-state index is -1.03. The summed E-state index contributed by atoms with van der Waals surface area (Å²) in [6.07, 6.45) is -0.643. The lowest BCUT2D eigenvalue weighted by atomic mass is 10.1. The van der Waals surface area contributed by atoms with Crippen LogP contribution in [0.4, 0.5) is 11.4 Å². The van der Waals surface area contributed by atoms with Gasteiger partial charge in [0.1, 0.15) is 11.8 Å². The van der Waals surface area contributed by atoms with Gasteiger partial charge < -0.3 is 15.0 Å². The number of amides is 4. The summed E-state index contributed by atoms with van der Waals surface area (Å²) in [5.41, 5.74) is 3.58. The van der Waals surface area contributed by atoms with Gasteiger partial charge in [0.25, 0.3) is 17.7 Å². The molecule has 2 aliphatic heterocycles. The highest BCUT2D eigenvalue weighted by Gasteiger charge is 2.40. The van der Waals surface area contributed by atoms with Crippen LogP contribution in [0.2, 0.25) is 0 Å². The molecule has 5 rings (SSSR count). The van der Waals surface area contributed by atoms with Crippen LogP contribution in [-0.2, 0) is 16.1 Å². The van der Waals surface area contributed by atoms with Crippen molar-refractivity contribution in [2.75, 3.05) is 10.2 Å². The molecule has 0 aliphatic carbocycles. The Bertz CT molecular complexity index is 1380. The van der Waals surface area contributed by atoms with Gasteiger partial charge in [0.2, 0.25) is 5.91 Å². The Morgan fingerprint density at radius 3 is 2.28 bits per heavy atom. The van der Waals surface area contributed by atoms with E-state index in [0.29, 0.717) is 23.7 Å². The predicted octanol–water partition coefficient (Wildman–Crippen LogP) is 3.93. The molecule has 1 N–H and O–H groups in total. The number of nitrogens with one attached hydrogen (secondary N) is 1. The highest BCUT2D eigenvalue weighted by molar-refractivity contribution is 6.23. The van der Waals surface area contributed by atoms with Gasteiger partial charge >= 0.3 is 0 Å². The number of nitrogens with zero attached hydrogens (tertiary/aromatic N) is 2. The van der Waals surface area contributed by atoms with Crippen LogP contribution in [0.1, 0.15) is 45.7 Å². The Hall–Kier alpha value is -4.46. The van der Waals surface area contributed by atoms with Gasteiger partial charge in [0.15, 0.2) is 6.10 Å². The maximum Gasteiger partial charge on any atom is 0.268 e. The fourth-order valence-electron chi connectivity index (χ4n) is 4.53. The molecule has 8 nitrogen and oxygen atoms in total. The first-order chi connectivity index (χ1) is 17.3. The van der Waals surface area contributed by atoms with Crippen molar-refractivity contribution in [1.82, 2.24) is 4.90 Å². The molecule has 2 heterocycles. The average molecular weight is 484 g/mol. The summed E-state index contributed by atoms with van der Waals surface area (Å²) < 4.78 is 5.79. The molecule has 3 aromatic carbocycles. The average Bonchev–Trinajstić information content (AvgIpc) is 3.13. The molecule has 2 aliphatic rings. The van der Waals surface area contributed by atoms with Crippen LogP contribution in [0.15, 0.2) is 66.7 Å². The lowest BCUT2D eigenvalue weighted by Crippen LogP contribution is -2.45. The van der Waals surface area contributed by atoms with E-state index in [9.17, 15) is 19.2 Å². The number of rotatable bonds is 5. The van der Waals surface area contributed by atoms with Crippen molar-refractivity contribution in [2.45, 2.75) is 39.5 Å². The van der Waals surface area contributed by atoms with Gasteiger partial charge in [-0.3, -0.25) is 24.1 Å². The van der Waals surface area contributed by atoms with E-state index in [2.05, 4.69) is 5.32 Å². The smallest absolute Gasteiger partial charge is 0.268 e. The van der Waals surface area contributed by atoms with Gasteiger partial charge in [-0.15, -0.1) is 0 Å². The highest BCUT2D eigenvalue weighted by atomic mass is 16.5. The molecule has 2 unspecified atom stereocenters. The molecule has 0 spiro atoms. The predicted molar refractivity (Wildman–Crippen MR) is 134 cm³/mol. The zero-order chi connectivity index (χ0) is 25.6. The third kappa shape index (κ3) is 3.90. The maximum atomic E-state index is 13.1. The van der Waals surface area contributed by atoms with Gasteiger partial charge in [0, 0.05) is 5.69 Å². The van der Waals surface area contributed by atoms with Gasteiger partial charge in [-0.2, -0.15) is 0 Å². The largest absolute Gasteiger partial charge is 0.479 e. The van der Waals surface area contributed by atoms with Crippen LogP contribution < -0.4 is 15.0 Å². The number of ether oxygens (including phenoxy) is 1. The van der Waals surface area contributed by atoms with Crippen LogP contribution in [0.5, 0.6) is 5.75 Å². The summed E-state index contributed by atoms with van der Waals surface area (Å²) in [5, 5.41) is 2.78. The Balaban J connectivity index is 1.39. The lowest BCUT2D eigenvalue weighted by Gasteiger charge is -2.34. The molecular formula is C28H25N3O5. The number of carbonyl (C=O) groups is 4. The Morgan fingerprint density at radius 1 is 0.972 bits per heavy atom. The number of anilines is 2. The second-order valence-corrected chi connectivity index (χ2v) is 8.98. The Labute approximate surface area is 208 Å². The number of imide groups is 1. The third-order valence-electron chi connectivity index (χ3n) is 6.62. The van der Waals surface area contributed by atoms with Crippen molar-refractivity contribution in [3.05, 3.63) is 89.0 Å². The number of benzene rings is 3. The van der Waals surface area contributed by atoms with E-state index in [1.165, 1.54) is 6.92 Å². The molecule has 0 fully saturated rings. The van der Waals surface area contributed by atoms with Crippen LogP contribution in [-0.4, -0.2) is 40.7 Å². The lowest BCUT2D eigenvalue weighted by molar-refractivity contribution is -0.125. The number of fused-ring (bicyclic) bond motifs is 2. The SMILES string of the molecule is Cc1ccccc1CN1C(=O)C(C)Oc2ccc(NC(=O)C(C)N3C(=O)c4ccccc4C3=O)cc21. The second-order valence-electron chi connectivity index (χ2n) is 8.98. The first-order valence-corrected chi connectivity index (χ1v) is 11.7. The van der Waals surface area contributed by atoms with E-state index >= 15 is 0 Å². The summed E-state index contributed by atoms with van der Waals surface area (Å²) in [6, 6.07) is 18.3. The van der Waals surface area contributed by atoms with E-state index in [0.717, 1.165) is 16.0 Å². The molecule has 2 atom stereocenters. The number of carbonyl (C=O) groups excluding carboxylic acids is 4. The third-order valence-corrected chi connectivity index (χ3v) is 6.62. The summed E-state index contributed by atoms with van der Waals surface area (Å²) >= 11 is 0. The molecule has 0 aromatic heterocycles. The zero-order valence-electron chi connectivity index (χ0n) is 20.1. The fourth-order valence-corrected chi connectivity index (χ4v) is 4.53. The normalized spacial score (nSPS) is 17.4. The van der Waals surface area contributed by atoms with E-state index in [4.69, 9.17) is 4.74 Å². The first kappa shape index (κ1) is 23.3. The maximum absolute atomic E-state index is 13.1. The Kier molecular flexibility index (Phi) is 5.80. The van der Waals surface area contributed by atoms with Gasteiger partial charge in [-0.1, -0.05) is 36.4 Å². The zero-order valence-corrected chi connectivity index (χ0v) is 20.1. The summed E-state index contributed by atoms with van der Waals surface area (Å²) in [7, 11) is 0. The Morgan fingerprint density at radius 2 is 1.61 bits per heavy atom. The van der Waals surface area contributed by atoms with Crippen LogP contribution in [0, 0.1) is 6.92 Å². The van der Waals surface area contributed by atoms with Gasteiger partial charge in [-0.05, 0) is 62.2 Å². The number of hydrogen-bond acceptors (Lipinski definition) is 5. The van der Waals surface area contributed by atoms with Crippen molar-refractivity contribution >= 4 is 35.0 Å². The molecule has 182 valence electrons. The molecule has 0 bridgehead atoms. The minimum Gasteiger partial charge on any atom is -0.479 e. The topological polar surface area (TPSA) is 96.0 Å². The minimum absolute atomic E-state index is 0.186. The van der Waals surface area contributed by atoms with E-state index < -0.39 is 29.9 Å².